The van der Waals surface area contributed by atoms with E-state index < -0.39 is 0 Å². The second-order valence-electron chi connectivity index (χ2n) is 5.52. The molecule has 25 heavy (non-hydrogen) atoms. The fraction of sp³-hybridized carbons (Fsp3) is 0.143. The van der Waals surface area contributed by atoms with Crippen molar-refractivity contribution in [1.82, 2.24) is 0 Å². The van der Waals surface area contributed by atoms with Crippen LogP contribution in [0.25, 0.3) is 0 Å². The van der Waals surface area contributed by atoms with Gasteiger partial charge in [-0.3, -0.25) is 0 Å². The predicted octanol–water partition coefficient (Wildman–Crippen LogP) is 4.56. The number of phenols is 1. The molecule has 0 saturated heterocycles. The summed E-state index contributed by atoms with van der Waals surface area (Å²) in [4.78, 5) is 0. The maximum Gasteiger partial charge on any atom is 0.203 e. The number of ether oxygens (including phenoxy) is 3. The summed E-state index contributed by atoms with van der Waals surface area (Å²) in [7, 11) is 1.55. The van der Waals surface area contributed by atoms with E-state index in [1.165, 1.54) is 12.1 Å². The Morgan fingerprint density at radius 3 is 1.56 bits per heavy atom. The number of aromatic hydroxyl groups is 1. The van der Waals surface area contributed by atoms with Crippen molar-refractivity contribution in [2.24, 2.45) is 0 Å². The van der Waals surface area contributed by atoms with Gasteiger partial charge in [-0.2, -0.15) is 0 Å². The van der Waals surface area contributed by atoms with Gasteiger partial charge >= 0.3 is 0 Å². The first kappa shape index (κ1) is 16.7. The van der Waals surface area contributed by atoms with E-state index in [2.05, 4.69) is 0 Å². The molecule has 1 N–H and O–H groups in total. The summed E-state index contributed by atoms with van der Waals surface area (Å²) in [5, 5.41) is 9.99. The number of hydrogen-bond donors (Lipinski definition) is 1. The van der Waals surface area contributed by atoms with Crippen molar-refractivity contribution in [3.05, 3.63) is 83.9 Å². The SMILES string of the molecule is COc1c(OCc2ccccc2)cc(O)cc1OCc1ccccc1. The molecule has 0 unspecified atom stereocenters. The van der Waals surface area contributed by atoms with Gasteiger partial charge in [-0.25, -0.2) is 0 Å². The van der Waals surface area contributed by atoms with Crippen LogP contribution < -0.4 is 14.2 Å². The molecule has 0 aliphatic carbocycles. The zero-order chi connectivity index (χ0) is 17.5. The fourth-order valence-corrected chi connectivity index (χ4v) is 2.45. The van der Waals surface area contributed by atoms with E-state index in [4.69, 9.17) is 14.2 Å². The quantitative estimate of drug-likeness (QED) is 0.687. The van der Waals surface area contributed by atoms with Crippen molar-refractivity contribution in [3.63, 3.8) is 0 Å². The Bertz CT molecular complexity index is 736. The molecule has 0 spiro atoms. The van der Waals surface area contributed by atoms with E-state index in [9.17, 15) is 5.11 Å². The average Bonchev–Trinajstić information content (AvgIpc) is 2.66. The number of methoxy groups -OCH3 is 1. The molecule has 4 nitrogen and oxygen atoms in total. The van der Waals surface area contributed by atoms with Crippen LogP contribution in [0.15, 0.2) is 72.8 Å². The Labute approximate surface area is 147 Å². The first-order valence-corrected chi connectivity index (χ1v) is 8.00. The van der Waals surface area contributed by atoms with Crippen molar-refractivity contribution in [3.8, 4) is 23.0 Å². The largest absolute Gasteiger partial charge is 0.508 e. The molecule has 0 fully saturated rings. The van der Waals surface area contributed by atoms with Gasteiger partial charge in [-0.05, 0) is 11.1 Å². The third kappa shape index (κ3) is 4.44. The summed E-state index contributed by atoms with van der Waals surface area (Å²) < 4.78 is 17.1. The third-order valence-corrected chi connectivity index (χ3v) is 3.68. The maximum absolute atomic E-state index is 9.99. The third-order valence-electron chi connectivity index (χ3n) is 3.68. The number of hydrogen-bond acceptors (Lipinski definition) is 4. The minimum Gasteiger partial charge on any atom is -0.508 e. The Morgan fingerprint density at radius 2 is 1.16 bits per heavy atom. The van der Waals surface area contributed by atoms with Crippen molar-refractivity contribution in [2.45, 2.75) is 13.2 Å². The van der Waals surface area contributed by atoms with Crippen LogP contribution in [0.4, 0.5) is 0 Å². The van der Waals surface area contributed by atoms with E-state index in [1.54, 1.807) is 7.11 Å². The lowest BCUT2D eigenvalue weighted by atomic mass is 10.2. The zero-order valence-electron chi connectivity index (χ0n) is 14.0. The molecule has 0 aromatic heterocycles. The Balaban J connectivity index is 1.77. The van der Waals surface area contributed by atoms with Gasteiger partial charge in [0.1, 0.15) is 19.0 Å². The highest BCUT2D eigenvalue weighted by Gasteiger charge is 2.15. The van der Waals surface area contributed by atoms with Gasteiger partial charge in [0.2, 0.25) is 5.75 Å². The average molecular weight is 336 g/mol. The van der Waals surface area contributed by atoms with Gasteiger partial charge in [-0.15, -0.1) is 0 Å². The molecule has 3 rings (SSSR count). The zero-order valence-corrected chi connectivity index (χ0v) is 14.0. The van der Waals surface area contributed by atoms with Gasteiger partial charge in [0, 0.05) is 12.1 Å². The van der Waals surface area contributed by atoms with Crippen molar-refractivity contribution in [1.29, 1.82) is 0 Å². The maximum atomic E-state index is 9.99. The topological polar surface area (TPSA) is 47.9 Å². The van der Waals surface area contributed by atoms with Gasteiger partial charge in [-0.1, -0.05) is 60.7 Å². The number of benzene rings is 3. The minimum atomic E-state index is 0.0620. The summed E-state index contributed by atoms with van der Waals surface area (Å²) in [6, 6.07) is 22.7. The summed E-state index contributed by atoms with van der Waals surface area (Å²) in [5.41, 5.74) is 2.05. The van der Waals surface area contributed by atoms with Gasteiger partial charge in [0.25, 0.3) is 0 Å². The van der Waals surface area contributed by atoms with Crippen molar-refractivity contribution >= 4 is 0 Å². The molecule has 0 radical (unpaired) electrons. The Hall–Kier alpha value is -3.14. The monoisotopic (exact) mass is 336 g/mol. The molecular weight excluding hydrogens is 316 g/mol. The second kappa shape index (κ2) is 8.11. The van der Waals surface area contributed by atoms with Gasteiger partial charge in [0.05, 0.1) is 7.11 Å². The molecular formula is C21H20O4. The van der Waals surface area contributed by atoms with Crippen LogP contribution in [-0.2, 0) is 13.2 Å². The molecule has 128 valence electrons. The lowest BCUT2D eigenvalue weighted by Crippen LogP contribution is -2.01. The van der Waals surface area contributed by atoms with E-state index in [0.29, 0.717) is 30.5 Å². The van der Waals surface area contributed by atoms with Gasteiger partial charge in [0.15, 0.2) is 11.5 Å². The van der Waals surface area contributed by atoms with Crippen molar-refractivity contribution < 1.29 is 19.3 Å². The minimum absolute atomic E-state index is 0.0620. The molecule has 0 amide bonds. The smallest absolute Gasteiger partial charge is 0.203 e. The van der Waals surface area contributed by atoms with Crippen LogP contribution in [0, 0.1) is 0 Å². The van der Waals surface area contributed by atoms with E-state index >= 15 is 0 Å². The highest BCUT2D eigenvalue weighted by molar-refractivity contribution is 5.55. The van der Waals surface area contributed by atoms with Crippen LogP contribution in [0.2, 0.25) is 0 Å². The molecule has 0 aliphatic heterocycles. The Morgan fingerprint density at radius 1 is 0.720 bits per heavy atom. The van der Waals surface area contributed by atoms with Gasteiger partial charge < -0.3 is 19.3 Å². The normalized spacial score (nSPS) is 10.3. The predicted molar refractivity (Wildman–Crippen MR) is 96.2 cm³/mol. The second-order valence-corrected chi connectivity index (χ2v) is 5.52. The van der Waals surface area contributed by atoms with Crippen molar-refractivity contribution in [2.75, 3.05) is 7.11 Å². The lowest BCUT2D eigenvalue weighted by Gasteiger charge is -2.16. The molecule has 3 aromatic carbocycles. The van der Waals surface area contributed by atoms with Crippen LogP contribution in [0.5, 0.6) is 23.0 Å². The van der Waals surface area contributed by atoms with Crippen LogP contribution in [0.1, 0.15) is 11.1 Å². The van der Waals surface area contributed by atoms with Crippen LogP contribution >= 0.6 is 0 Å². The molecule has 3 aromatic rings. The molecule has 4 heteroatoms. The molecule has 0 saturated carbocycles. The highest BCUT2D eigenvalue weighted by atomic mass is 16.5. The summed E-state index contributed by atoms with van der Waals surface area (Å²) >= 11 is 0. The fourth-order valence-electron chi connectivity index (χ4n) is 2.45. The Kier molecular flexibility index (Phi) is 5.42. The molecule has 0 bridgehead atoms. The standard InChI is InChI=1S/C21H20O4/c1-23-21-19(24-14-16-8-4-2-5-9-16)12-18(22)13-20(21)25-15-17-10-6-3-7-11-17/h2-13,22H,14-15H2,1H3. The van der Waals surface area contributed by atoms with Crippen LogP contribution in [-0.4, -0.2) is 12.2 Å². The first-order chi connectivity index (χ1) is 12.3. The van der Waals surface area contributed by atoms with E-state index in [1.807, 2.05) is 60.7 Å². The molecule has 0 aliphatic rings. The number of rotatable bonds is 7. The summed E-state index contributed by atoms with van der Waals surface area (Å²) in [6.07, 6.45) is 0. The molecule has 0 heterocycles. The van der Waals surface area contributed by atoms with Crippen LogP contribution in [0.3, 0.4) is 0 Å². The summed E-state index contributed by atoms with van der Waals surface area (Å²) in [5.74, 6) is 1.40. The lowest BCUT2D eigenvalue weighted by molar-refractivity contribution is 0.255. The highest BCUT2D eigenvalue weighted by Crippen LogP contribution is 2.41. The molecule has 0 atom stereocenters. The number of phenolic OH excluding ortho intramolecular Hbond substituents is 1. The van der Waals surface area contributed by atoms with E-state index in [-0.39, 0.29) is 5.75 Å². The summed E-state index contributed by atoms with van der Waals surface area (Å²) in [6.45, 7) is 0.748. The first-order valence-electron chi connectivity index (χ1n) is 8.00. The van der Waals surface area contributed by atoms with E-state index in [0.717, 1.165) is 11.1 Å².